The molecule has 1 saturated heterocycles. The minimum Gasteiger partial charge on any atom is -0.495 e. The van der Waals surface area contributed by atoms with E-state index in [2.05, 4.69) is 48.2 Å². The maximum absolute atomic E-state index is 5.55. The summed E-state index contributed by atoms with van der Waals surface area (Å²) in [5.41, 5.74) is 3.09. The Balaban J connectivity index is 0.000000165. The fourth-order valence-corrected chi connectivity index (χ4v) is 4.52. The van der Waals surface area contributed by atoms with Gasteiger partial charge in [-0.25, -0.2) is 0 Å². The Labute approximate surface area is 196 Å². The predicted molar refractivity (Wildman–Crippen MR) is 134 cm³/mol. The smallest absolute Gasteiger partial charge is 0.144 e. The Morgan fingerprint density at radius 2 is 1.47 bits per heavy atom. The number of anilines is 1. The van der Waals surface area contributed by atoms with Gasteiger partial charge in [-0.05, 0) is 65.3 Å². The number of fused-ring (bicyclic) bond motifs is 2. The quantitative estimate of drug-likeness (QED) is 0.430. The monoisotopic (exact) mass is 494 g/mol. The van der Waals surface area contributed by atoms with Gasteiger partial charge in [0.05, 0.1) is 29.7 Å². The number of nitrogens with one attached hydrogen (secondary N) is 1. The predicted octanol–water partition coefficient (Wildman–Crippen LogP) is 5.05. The molecule has 166 valence electrons. The molecule has 1 fully saturated rings. The van der Waals surface area contributed by atoms with Gasteiger partial charge in [0, 0.05) is 42.8 Å². The summed E-state index contributed by atoms with van der Waals surface area (Å²) in [6.45, 7) is 4.12. The van der Waals surface area contributed by atoms with E-state index in [-0.39, 0.29) is 0 Å². The molecule has 0 saturated carbocycles. The largest absolute Gasteiger partial charge is 0.495 e. The number of hydrogen-bond acceptors (Lipinski definition) is 6. The van der Waals surface area contributed by atoms with Crippen molar-refractivity contribution in [3.63, 3.8) is 0 Å². The summed E-state index contributed by atoms with van der Waals surface area (Å²) in [7, 11) is 3.37. The van der Waals surface area contributed by atoms with E-state index in [4.69, 9.17) is 9.47 Å². The highest BCUT2D eigenvalue weighted by atomic mass is 79.9. The standard InChI is InChI=1S/C15H19N3O.C10H8BrNO/c1-19-13-6-5-12-4-2-8-17-14(12)15(13)18-10-3-7-16-9-11-18;1-13-8-5-4-7-3-2-6-12-10(7)9(8)11/h2,4-6,8,16H,3,7,9-11H2,1H3;2-6H,1H3. The van der Waals surface area contributed by atoms with Gasteiger partial charge in [-0.1, -0.05) is 12.1 Å². The highest BCUT2D eigenvalue weighted by Gasteiger charge is 2.17. The van der Waals surface area contributed by atoms with Crippen LogP contribution in [0.25, 0.3) is 21.8 Å². The maximum Gasteiger partial charge on any atom is 0.144 e. The van der Waals surface area contributed by atoms with Gasteiger partial charge in [0.1, 0.15) is 17.2 Å². The van der Waals surface area contributed by atoms with Crippen molar-refractivity contribution in [2.45, 2.75) is 6.42 Å². The van der Waals surface area contributed by atoms with Crippen molar-refractivity contribution in [2.24, 2.45) is 0 Å². The van der Waals surface area contributed by atoms with Gasteiger partial charge in [-0.3, -0.25) is 9.97 Å². The van der Waals surface area contributed by atoms with Crippen molar-refractivity contribution in [2.75, 3.05) is 45.3 Å². The minimum atomic E-state index is 0.811. The fourth-order valence-electron chi connectivity index (χ4n) is 3.90. The van der Waals surface area contributed by atoms with E-state index in [0.717, 1.165) is 76.1 Å². The Hall–Kier alpha value is -2.90. The molecule has 32 heavy (non-hydrogen) atoms. The summed E-state index contributed by atoms with van der Waals surface area (Å²) in [5.74, 6) is 1.72. The molecule has 0 amide bonds. The third-order valence-corrected chi connectivity index (χ3v) is 6.25. The number of ether oxygens (including phenoxy) is 2. The zero-order valence-corrected chi connectivity index (χ0v) is 19.9. The lowest BCUT2D eigenvalue weighted by molar-refractivity contribution is 0.413. The van der Waals surface area contributed by atoms with Crippen LogP contribution in [0.1, 0.15) is 6.42 Å². The van der Waals surface area contributed by atoms with Crippen molar-refractivity contribution in [1.29, 1.82) is 0 Å². The molecule has 1 N–H and O–H groups in total. The molecular weight excluding hydrogens is 468 g/mol. The second kappa shape index (κ2) is 10.6. The second-order valence-electron chi connectivity index (χ2n) is 7.44. The summed E-state index contributed by atoms with van der Waals surface area (Å²) in [6, 6.07) is 16.0. The lowest BCUT2D eigenvalue weighted by atomic mass is 10.1. The van der Waals surface area contributed by atoms with Gasteiger partial charge in [0.2, 0.25) is 0 Å². The van der Waals surface area contributed by atoms with Crippen LogP contribution >= 0.6 is 15.9 Å². The van der Waals surface area contributed by atoms with Crippen molar-refractivity contribution >= 4 is 43.4 Å². The molecule has 1 aliphatic rings. The molecule has 3 heterocycles. The van der Waals surface area contributed by atoms with E-state index in [9.17, 15) is 0 Å². The average Bonchev–Trinajstić information content (AvgIpc) is 3.13. The molecule has 0 spiro atoms. The molecule has 0 atom stereocenters. The number of pyridine rings is 2. The number of nitrogens with zero attached hydrogens (tertiary/aromatic N) is 3. The SMILES string of the molecule is COc1ccc2cccnc2c1Br.COc1ccc2cccnc2c1N1CCCNCC1. The average molecular weight is 495 g/mol. The summed E-state index contributed by atoms with van der Waals surface area (Å²) in [5, 5.41) is 5.70. The number of halogens is 1. The fraction of sp³-hybridized carbons (Fsp3) is 0.280. The highest BCUT2D eigenvalue weighted by molar-refractivity contribution is 9.10. The first-order valence-corrected chi connectivity index (χ1v) is 11.5. The number of benzene rings is 2. The highest BCUT2D eigenvalue weighted by Crippen LogP contribution is 2.35. The van der Waals surface area contributed by atoms with Crippen LogP contribution in [-0.2, 0) is 0 Å². The first kappa shape index (κ1) is 22.3. The van der Waals surface area contributed by atoms with Gasteiger partial charge in [-0.15, -0.1) is 0 Å². The summed E-state index contributed by atoms with van der Waals surface area (Å²) in [6.07, 6.45) is 4.76. The Morgan fingerprint density at radius 1 is 0.812 bits per heavy atom. The zero-order valence-electron chi connectivity index (χ0n) is 18.3. The van der Waals surface area contributed by atoms with E-state index in [0.29, 0.717) is 0 Å². The zero-order chi connectivity index (χ0) is 22.3. The lowest BCUT2D eigenvalue weighted by Gasteiger charge is -2.25. The Kier molecular flexibility index (Phi) is 7.39. The number of rotatable bonds is 3. The van der Waals surface area contributed by atoms with Crippen molar-refractivity contribution in [1.82, 2.24) is 15.3 Å². The normalized spacial score (nSPS) is 13.9. The first-order valence-electron chi connectivity index (χ1n) is 10.7. The van der Waals surface area contributed by atoms with Gasteiger partial charge >= 0.3 is 0 Å². The number of methoxy groups -OCH3 is 2. The van der Waals surface area contributed by atoms with Crippen LogP contribution in [0, 0.1) is 0 Å². The molecule has 4 aromatic rings. The van der Waals surface area contributed by atoms with Crippen LogP contribution in [0.2, 0.25) is 0 Å². The molecule has 1 aliphatic heterocycles. The summed E-state index contributed by atoms with van der Waals surface area (Å²) >= 11 is 3.45. The Morgan fingerprint density at radius 3 is 2.19 bits per heavy atom. The molecule has 0 unspecified atom stereocenters. The van der Waals surface area contributed by atoms with E-state index >= 15 is 0 Å². The minimum absolute atomic E-state index is 0.811. The Bertz CT molecular complexity index is 1190. The molecule has 2 aromatic heterocycles. The van der Waals surface area contributed by atoms with E-state index in [1.807, 2.05) is 42.6 Å². The van der Waals surface area contributed by atoms with Crippen LogP contribution in [-0.4, -0.2) is 50.4 Å². The van der Waals surface area contributed by atoms with E-state index < -0.39 is 0 Å². The second-order valence-corrected chi connectivity index (χ2v) is 8.23. The number of aromatic nitrogens is 2. The van der Waals surface area contributed by atoms with Crippen molar-refractivity contribution in [3.05, 3.63) is 65.4 Å². The molecule has 0 radical (unpaired) electrons. The van der Waals surface area contributed by atoms with Gasteiger partial charge in [0.15, 0.2) is 0 Å². The van der Waals surface area contributed by atoms with Gasteiger partial charge in [-0.2, -0.15) is 0 Å². The van der Waals surface area contributed by atoms with Crippen LogP contribution < -0.4 is 19.7 Å². The summed E-state index contributed by atoms with van der Waals surface area (Å²) < 4.78 is 11.6. The van der Waals surface area contributed by atoms with Crippen LogP contribution in [0.4, 0.5) is 5.69 Å². The molecule has 7 heteroatoms. The van der Waals surface area contributed by atoms with E-state index in [1.165, 1.54) is 0 Å². The van der Waals surface area contributed by atoms with Crippen LogP contribution in [0.3, 0.4) is 0 Å². The van der Waals surface area contributed by atoms with Gasteiger partial charge < -0.3 is 19.7 Å². The lowest BCUT2D eigenvalue weighted by Crippen LogP contribution is -2.28. The third kappa shape index (κ3) is 4.79. The molecule has 0 aliphatic carbocycles. The van der Waals surface area contributed by atoms with Crippen molar-refractivity contribution in [3.8, 4) is 11.5 Å². The van der Waals surface area contributed by atoms with Crippen LogP contribution in [0.15, 0.2) is 65.4 Å². The molecular formula is C25H27BrN4O2. The molecule has 0 bridgehead atoms. The van der Waals surface area contributed by atoms with E-state index in [1.54, 1.807) is 20.4 Å². The maximum atomic E-state index is 5.55. The number of hydrogen-bond donors (Lipinski definition) is 1. The summed E-state index contributed by atoms with van der Waals surface area (Å²) in [4.78, 5) is 11.2. The van der Waals surface area contributed by atoms with Gasteiger partial charge in [0.25, 0.3) is 0 Å². The van der Waals surface area contributed by atoms with Crippen molar-refractivity contribution < 1.29 is 9.47 Å². The van der Waals surface area contributed by atoms with Crippen LogP contribution in [0.5, 0.6) is 11.5 Å². The molecule has 5 rings (SSSR count). The molecule has 6 nitrogen and oxygen atoms in total. The molecule has 2 aromatic carbocycles. The first-order chi connectivity index (χ1) is 15.7. The third-order valence-electron chi connectivity index (χ3n) is 5.48. The topological polar surface area (TPSA) is 59.5 Å².